The van der Waals surface area contributed by atoms with Gasteiger partial charge < -0.3 is 9.47 Å². The summed E-state index contributed by atoms with van der Waals surface area (Å²) in [7, 11) is -3.74. The highest BCUT2D eigenvalue weighted by Crippen LogP contribution is 2.31. The fourth-order valence-corrected chi connectivity index (χ4v) is 4.89. The van der Waals surface area contributed by atoms with Crippen LogP contribution < -0.4 is 10.0 Å². The number of amides is 1. The summed E-state index contributed by atoms with van der Waals surface area (Å²) in [5, 5.41) is 6.08. The number of thioether (sulfide) groups is 1. The molecule has 3 rings (SSSR count). The molecule has 0 saturated heterocycles. The highest BCUT2D eigenvalue weighted by molar-refractivity contribution is 7.99. The Morgan fingerprint density at radius 3 is 2.75 bits per heavy atom. The highest BCUT2D eigenvalue weighted by atomic mass is 32.2. The van der Waals surface area contributed by atoms with Crippen LogP contribution in [-0.4, -0.2) is 36.2 Å². The van der Waals surface area contributed by atoms with Gasteiger partial charge in [0.1, 0.15) is 0 Å². The number of nitrogens with two attached hydrogens (primary N) is 1. The number of sulfonamides is 1. The molecule has 0 saturated carbocycles. The minimum absolute atomic E-state index is 0.00699. The number of primary sulfonamides is 1. The maximum absolute atomic E-state index is 12.8. The molecule has 0 spiro atoms. The molecule has 0 atom stereocenters. The van der Waals surface area contributed by atoms with Gasteiger partial charge in [-0.1, -0.05) is 25.1 Å². The van der Waals surface area contributed by atoms with Crippen molar-refractivity contribution in [1.82, 2.24) is 9.55 Å². The Bertz CT molecular complexity index is 999. The fraction of sp³-hybridized carbons (Fsp3) is 0.474. The molecule has 0 unspecified atom stereocenters. The smallest absolute Gasteiger partial charge is 0.238 e. The first kappa shape index (κ1) is 20.9. The van der Waals surface area contributed by atoms with Crippen LogP contribution in [0.15, 0.2) is 28.3 Å². The Hall–Kier alpha value is -1.84. The Balaban J connectivity index is 1.72. The van der Waals surface area contributed by atoms with Gasteiger partial charge in [0.2, 0.25) is 15.9 Å². The molecular formula is C19H26N4O3S2. The van der Waals surface area contributed by atoms with Crippen LogP contribution in [0.4, 0.5) is 5.69 Å². The van der Waals surface area contributed by atoms with Crippen molar-refractivity contribution in [2.45, 2.75) is 56.6 Å². The molecule has 1 aliphatic heterocycles. The van der Waals surface area contributed by atoms with Gasteiger partial charge in [-0.05, 0) is 50.5 Å². The molecule has 0 bridgehead atoms. The molecule has 0 aliphatic carbocycles. The van der Waals surface area contributed by atoms with Gasteiger partial charge in [-0.3, -0.25) is 4.79 Å². The average molecular weight is 423 g/mol. The van der Waals surface area contributed by atoms with Crippen molar-refractivity contribution >= 4 is 33.4 Å². The van der Waals surface area contributed by atoms with Crippen LogP contribution in [0.5, 0.6) is 0 Å². The summed E-state index contributed by atoms with van der Waals surface area (Å²) in [4.78, 5) is 19.2. The molecule has 1 aromatic carbocycles. The van der Waals surface area contributed by atoms with Crippen molar-refractivity contribution in [3.8, 4) is 0 Å². The molecule has 0 fully saturated rings. The SMILES string of the molecule is CCCCn1c(SCC(=O)N2CCc3cc(S(N)(=O)=O)ccc32)nc(C)c1C. The number of hydrogen-bond donors (Lipinski definition) is 1. The normalized spacial score (nSPS) is 13.8. The first-order chi connectivity index (χ1) is 13.2. The molecule has 0 radical (unpaired) electrons. The molecule has 152 valence electrons. The van der Waals surface area contributed by atoms with Crippen molar-refractivity contribution in [2.24, 2.45) is 5.14 Å². The van der Waals surface area contributed by atoms with Crippen molar-refractivity contribution < 1.29 is 13.2 Å². The van der Waals surface area contributed by atoms with Crippen LogP contribution in [0, 0.1) is 13.8 Å². The van der Waals surface area contributed by atoms with E-state index in [4.69, 9.17) is 5.14 Å². The molecule has 9 heteroatoms. The number of anilines is 1. The molecule has 2 heterocycles. The quantitative estimate of drug-likeness (QED) is 0.692. The molecular weight excluding hydrogens is 396 g/mol. The third kappa shape index (κ3) is 4.26. The summed E-state index contributed by atoms with van der Waals surface area (Å²) in [6.07, 6.45) is 2.80. The summed E-state index contributed by atoms with van der Waals surface area (Å²) in [5.41, 5.74) is 3.74. The van der Waals surface area contributed by atoms with E-state index in [0.29, 0.717) is 18.7 Å². The number of aromatic nitrogens is 2. The lowest BCUT2D eigenvalue weighted by Gasteiger charge is -2.17. The molecule has 1 aromatic heterocycles. The van der Waals surface area contributed by atoms with Crippen LogP contribution in [-0.2, 0) is 27.8 Å². The second-order valence-corrected chi connectivity index (χ2v) is 9.49. The average Bonchev–Trinajstić information content (AvgIpc) is 3.18. The van der Waals surface area contributed by atoms with E-state index in [9.17, 15) is 13.2 Å². The van der Waals surface area contributed by atoms with E-state index in [1.54, 1.807) is 17.0 Å². The van der Waals surface area contributed by atoms with E-state index >= 15 is 0 Å². The summed E-state index contributed by atoms with van der Waals surface area (Å²) in [6, 6.07) is 4.69. The van der Waals surface area contributed by atoms with E-state index in [-0.39, 0.29) is 10.8 Å². The highest BCUT2D eigenvalue weighted by Gasteiger charge is 2.26. The molecule has 1 aliphatic rings. The summed E-state index contributed by atoms with van der Waals surface area (Å²) in [6.45, 7) is 7.66. The minimum atomic E-state index is -3.74. The topological polar surface area (TPSA) is 98.3 Å². The second kappa shape index (κ2) is 8.26. The lowest BCUT2D eigenvalue weighted by atomic mass is 10.2. The second-order valence-electron chi connectivity index (χ2n) is 6.99. The number of imidazole rings is 1. The van der Waals surface area contributed by atoms with Gasteiger partial charge in [-0.25, -0.2) is 18.5 Å². The van der Waals surface area contributed by atoms with Crippen LogP contribution in [0.3, 0.4) is 0 Å². The van der Waals surface area contributed by atoms with Gasteiger partial charge in [0.25, 0.3) is 0 Å². The zero-order valence-electron chi connectivity index (χ0n) is 16.4. The monoisotopic (exact) mass is 422 g/mol. The first-order valence-corrected chi connectivity index (χ1v) is 11.9. The Labute approximate surface area is 170 Å². The Kier molecular flexibility index (Phi) is 6.16. The van der Waals surface area contributed by atoms with Crippen molar-refractivity contribution in [3.63, 3.8) is 0 Å². The summed E-state index contributed by atoms with van der Waals surface area (Å²) < 4.78 is 25.2. The standard InChI is InChI=1S/C19H26N4O3S2/c1-4-5-9-22-14(3)13(2)21-19(22)27-12-18(24)23-10-8-15-11-16(28(20,25)26)6-7-17(15)23/h6-7,11H,4-5,8-10,12H2,1-3H3,(H2,20,25,26). The number of unbranched alkanes of at least 4 members (excludes halogenated alkanes) is 1. The zero-order chi connectivity index (χ0) is 20.5. The van der Waals surface area contributed by atoms with Crippen LogP contribution in [0.1, 0.15) is 36.7 Å². The number of aryl methyl sites for hydroxylation is 1. The van der Waals surface area contributed by atoms with Gasteiger partial charge in [-0.2, -0.15) is 0 Å². The van der Waals surface area contributed by atoms with Crippen molar-refractivity contribution in [3.05, 3.63) is 35.2 Å². The molecule has 1 amide bonds. The van der Waals surface area contributed by atoms with Crippen molar-refractivity contribution in [1.29, 1.82) is 0 Å². The zero-order valence-corrected chi connectivity index (χ0v) is 18.1. The summed E-state index contributed by atoms with van der Waals surface area (Å²) in [5.74, 6) is 0.283. The number of benzene rings is 1. The summed E-state index contributed by atoms with van der Waals surface area (Å²) >= 11 is 1.45. The maximum atomic E-state index is 12.8. The van der Waals surface area contributed by atoms with Gasteiger partial charge >= 0.3 is 0 Å². The van der Waals surface area contributed by atoms with E-state index in [2.05, 4.69) is 23.4 Å². The van der Waals surface area contributed by atoms with E-state index < -0.39 is 10.0 Å². The first-order valence-electron chi connectivity index (χ1n) is 9.35. The Morgan fingerprint density at radius 1 is 1.32 bits per heavy atom. The van der Waals surface area contributed by atoms with Gasteiger partial charge in [0.15, 0.2) is 5.16 Å². The number of hydrogen-bond acceptors (Lipinski definition) is 5. The number of nitrogens with zero attached hydrogens (tertiary/aromatic N) is 3. The number of fused-ring (bicyclic) bond motifs is 1. The predicted octanol–water partition coefficient (Wildman–Crippen LogP) is 2.63. The minimum Gasteiger partial charge on any atom is -0.323 e. The maximum Gasteiger partial charge on any atom is 0.238 e. The third-order valence-electron chi connectivity index (χ3n) is 5.06. The number of carbonyl (C=O) groups excluding carboxylic acids is 1. The lowest BCUT2D eigenvalue weighted by molar-refractivity contribution is -0.116. The lowest BCUT2D eigenvalue weighted by Crippen LogP contribution is -2.30. The van der Waals surface area contributed by atoms with E-state index in [1.807, 2.05) is 6.92 Å². The fourth-order valence-electron chi connectivity index (χ4n) is 3.33. The van der Waals surface area contributed by atoms with Crippen LogP contribution >= 0.6 is 11.8 Å². The van der Waals surface area contributed by atoms with Crippen molar-refractivity contribution in [2.75, 3.05) is 17.2 Å². The van der Waals surface area contributed by atoms with E-state index in [0.717, 1.165) is 47.2 Å². The largest absolute Gasteiger partial charge is 0.323 e. The number of rotatable bonds is 7. The van der Waals surface area contributed by atoms with E-state index in [1.165, 1.54) is 17.8 Å². The van der Waals surface area contributed by atoms with Crippen LogP contribution in [0.25, 0.3) is 0 Å². The molecule has 2 aromatic rings. The number of carbonyl (C=O) groups is 1. The Morgan fingerprint density at radius 2 is 2.07 bits per heavy atom. The third-order valence-corrected chi connectivity index (χ3v) is 6.93. The molecule has 2 N–H and O–H groups in total. The van der Waals surface area contributed by atoms with Gasteiger partial charge in [-0.15, -0.1) is 0 Å². The predicted molar refractivity (Wildman–Crippen MR) is 111 cm³/mol. The molecule has 28 heavy (non-hydrogen) atoms. The van der Waals surface area contributed by atoms with Crippen LogP contribution in [0.2, 0.25) is 0 Å². The van der Waals surface area contributed by atoms with Gasteiger partial charge in [0.05, 0.1) is 16.3 Å². The van der Waals surface area contributed by atoms with Gasteiger partial charge in [0, 0.05) is 24.5 Å². The molecule has 7 nitrogen and oxygen atoms in total.